The molecule has 16 nitrogen and oxygen atoms in total. The van der Waals surface area contributed by atoms with Crippen LogP contribution in [-0.2, 0) is 42.4 Å². The number of carbonyl (C=O) groups excluding carboxylic acids is 3. The molecule has 2 aromatic heterocycles. The summed E-state index contributed by atoms with van der Waals surface area (Å²) >= 11 is 0. The van der Waals surface area contributed by atoms with Gasteiger partial charge in [0.25, 0.3) is 0 Å². The van der Waals surface area contributed by atoms with Crippen LogP contribution in [0.25, 0.3) is 5.52 Å². The van der Waals surface area contributed by atoms with E-state index in [1.807, 2.05) is 6.07 Å². The SMILES string of the molecule is CCC(=O)O[C@H]1[C@H](c2ccc3c(N)ncnn23)O[C@](C#N)(CO[P@@](=O)(N[C@@H](C)C(=O)OC(C)C)Oc2ccccc2)[C@H]1OC(C)=O. The van der Waals surface area contributed by atoms with Crippen molar-refractivity contribution in [3.05, 3.63) is 54.5 Å². The third-order valence-corrected chi connectivity index (χ3v) is 8.33. The van der Waals surface area contributed by atoms with Crippen LogP contribution in [0.4, 0.5) is 5.82 Å². The highest BCUT2D eigenvalue weighted by molar-refractivity contribution is 7.52. The molecule has 246 valence electrons. The molecule has 0 amide bonds. The van der Waals surface area contributed by atoms with Gasteiger partial charge in [-0.1, -0.05) is 25.1 Å². The Morgan fingerprint density at radius 2 is 1.89 bits per heavy atom. The van der Waals surface area contributed by atoms with Gasteiger partial charge in [-0.2, -0.15) is 15.4 Å². The molecule has 3 heterocycles. The van der Waals surface area contributed by atoms with Crippen LogP contribution >= 0.6 is 7.75 Å². The quantitative estimate of drug-likeness (QED) is 0.153. The van der Waals surface area contributed by atoms with Gasteiger partial charge in [-0.3, -0.25) is 18.9 Å². The molecule has 1 aliphatic rings. The molecule has 0 radical (unpaired) electrons. The average Bonchev–Trinajstić information content (AvgIpc) is 3.56. The first-order chi connectivity index (χ1) is 21.8. The summed E-state index contributed by atoms with van der Waals surface area (Å²) in [5, 5.41) is 17.3. The zero-order valence-electron chi connectivity index (χ0n) is 25.8. The van der Waals surface area contributed by atoms with Gasteiger partial charge in [-0.05, 0) is 45.0 Å². The summed E-state index contributed by atoms with van der Waals surface area (Å²) in [6.45, 7) is 6.51. The number of nitrogens with zero attached hydrogens (tertiary/aromatic N) is 4. The molecule has 1 aromatic carbocycles. The number of aromatic nitrogens is 3. The Morgan fingerprint density at radius 3 is 2.52 bits per heavy atom. The van der Waals surface area contributed by atoms with Crippen LogP contribution in [0.2, 0.25) is 0 Å². The standard InChI is InChI=1S/C29H35N6O10P/c1-6-23(37)43-25-24(21-12-13-22-27(31)32-16-33-35(21)22)44-29(14-30,26(25)42-19(5)36)15-40-46(39,45-20-10-8-7-9-11-20)34-18(4)28(38)41-17(2)3/h7-13,16-18,24-26H,6,15H2,1-5H3,(H,34,39)(H2,31,32,33)/t18-,24-,25-,26-,29+,46-/m0/s1. The summed E-state index contributed by atoms with van der Waals surface area (Å²) in [5.41, 5.74) is 4.44. The first-order valence-electron chi connectivity index (χ1n) is 14.3. The maximum atomic E-state index is 14.2. The highest BCUT2D eigenvalue weighted by Gasteiger charge is 2.62. The van der Waals surface area contributed by atoms with E-state index in [1.54, 1.807) is 51.1 Å². The van der Waals surface area contributed by atoms with Crippen molar-refractivity contribution in [3.63, 3.8) is 0 Å². The second-order valence-electron chi connectivity index (χ2n) is 10.6. The molecule has 0 unspecified atom stereocenters. The lowest BCUT2D eigenvalue weighted by atomic mass is 9.95. The van der Waals surface area contributed by atoms with Crippen molar-refractivity contribution in [1.82, 2.24) is 19.7 Å². The Hall–Kier alpha value is -4.55. The molecular formula is C29H35N6O10P. The monoisotopic (exact) mass is 658 g/mol. The average molecular weight is 659 g/mol. The van der Waals surface area contributed by atoms with Crippen molar-refractivity contribution in [2.75, 3.05) is 12.3 Å². The number of benzene rings is 1. The Balaban J connectivity index is 1.75. The van der Waals surface area contributed by atoms with Gasteiger partial charge in [0.2, 0.25) is 5.60 Å². The number of nitriles is 1. The number of anilines is 1. The predicted octanol–water partition coefficient (Wildman–Crippen LogP) is 3.03. The van der Waals surface area contributed by atoms with E-state index >= 15 is 0 Å². The second kappa shape index (κ2) is 14.3. The molecule has 0 bridgehead atoms. The number of hydrogen-bond acceptors (Lipinski definition) is 14. The van der Waals surface area contributed by atoms with Gasteiger partial charge in [0.05, 0.1) is 11.8 Å². The van der Waals surface area contributed by atoms with E-state index < -0.39 is 68.3 Å². The summed E-state index contributed by atoms with van der Waals surface area (Å²) in [6, 6.07) is 11.9. The summed E-state index contributed by atoms with van der Waals surface area (Å²) in [4.78, 5) is 41.5. The van der Waals surface area contributed by atoms with Gasteiger partial charge < -0.3 is 29.2 Å². The zero-order chi connectivity index (χ0) is 33.6. The van der Waals surface area contributed by atoms with Crippen molar-refractivity contribution in [2.24, 2.45) is 0 Å². The molecule has 6 atom stereocenters. The van der Waals surface area contributed by atoms with Gasteiger partial charge in [0, 0.05) is 13.3 Å². The number of rotatable bonds is 13. The van der Waals surface area contributed by atoms with Crippen LogP contribution in [0.3, 0.4) is 0 Å². The molecule has 0 saturated carbocycles. The van der Waals surface area contributed by atoms with Gasteiger partial charge >= 0.3 is 25.7 Å². The molecule has 4 rings (SSSR count). The van der Waals surface area contributed by atoms with Crippen LogP contribution in [0.5, 0.6) is 5.75 Å². The molecule has 3 aromatic rings. The van der Waals surface area contributed by atoms with E-state index in [0.717, 1.165) is 6.92 Å². The number of esters is 3. The molecule has 1 saturated heterocycles. The number of ether oxygens (including phenoxy) is 4. The lowest BCUT2D eigenvalue weighted by Crippen LogP contribution is -2.49. The van der Waals surface area contributed by atoms with E-state index in [1.165, 1.54) is 29.9 Å². The molecule has 17 heteroatoms. The third-order valence-electron chi connectivity index (χ3n) is 6.71. The predicted molar refractivity (Wildman–Crippen MR) is 160 cm³/mol. The van der Waals surface area contributed by atoms with Crippen molar-refractivity contribution >= 4 is 37.0 Å². The highest BCUT2D eigenvalue weighted by atomic mass is 31.2. The molecule has 0 aliphatic carbocycles. The minimum Gasteiger partial charge on any atom is -0.462 e. The Labute approximate surface area is 264 Å². The molecule has 3 N–H and O–H groups in total. The van der Waals surface area contributed by atoms with Crippen LogP contribution in [0.1, 0.15) is 52.8 Å². The minimum atomic E-state index is -4.51. The summed E-state index contributed by atoms with van der Waals surface area (Å²) in [7, 11) is -4.51. The van der Waals surface area contributed by atoms with Crippen molar-refractivity contribution in [2.45, 2.75) is 77.1 Å². The molecule has 46 heavy (non-hydrogen) atoms. The molecular weight excluding hydrogens is 623 g/mol. The lowest BCUT2D eigenvalue weighted by Gasteiger charge is -2.30. The van der Waals surface area contributed by atoms with Gasteiger partial charge in [-0.15, -0.1) is 0 Å². The van der Waals surface area contributed by atoms with Gasteiger partial charge in [0.1, 0.15) is 42.4 Å². The number of nitrogen functional groups attached to an aromatic ring is 1. The van der Waals surface area contributed by atoms with Gasteiger partial charge in [-0.25, -0.2) is 14.1 Å². The summed E-state index contributed by atoms with van der Waals surface area (Å²) in [6.07, 6.45) is -3.56. The van der Waals surface area contributed by atoms with E-state index in [0.29, 0.717) is 5.52 Å². The zero-order valence-corrected chi connectivity index (χ0v) is 26.7. The van der Waals surface area contributed by atoms with E-state index in [4.69, 9.17) is 33.7 Å². The van der Waals surface area contributed by atoms with E-state index in [9.17, 15) is 24.2 Å². The number of hydrogen-bond donors (Lipinski definition) is 2. The largest absolute Gasteiger partial charge is 0.462 e. The second-order valence-corrected chi connectivity index (χ2v) is 12.3. The van der Waals surface area contributed by atoms with Crippen molar-refractivity contribution in [1.29, 1.82) is 5.26 Å². The first kappa shape index (κ1) is 34.3. The number of nitrogens with two attached hydrogens (primary N) is 1. The molecule has 1 aliphatic heterocycles. The van der Waals surface area contributed by atoms with Crippen molar-refractivity contribution < 1.29 is 46.9 Å². The Bertz CT molecular complexity index is 1660. The maximum absolute atomic E-state index is 14.2. The third kappa shape index (κ3) is 7.63. The lowest BCUT2D eigenvalue weighted by molar-refractivity contribution is -0.167. The summed E-state index contributed by atoms with van der Waals surface area (Å²) in [5.74, 6) is -2.00. The maximum Gasteiger partial charge on any atom is 0.459 e. The van der Waals surface area contributed by atoms with Gasteiger partial charge in [0.15, 0.2) is 18.0 Å². The fraction of sp³-hybridized carbons (Fsp3) is 0.448. The minimum absolute atomic E-state index is 0.0511. The first-order valence-corrected chi connectivity index (χ1v) is 15.9. The normalized spacial score (nSPS) is 22.8. The fourth-order valence-corrected chi connectivity index (χ4v) is 6.18. The number of fused-ring (bicyclic) bond motifs is 1. The van der Waals surface area contributed by atoms with Crippen LogP contribution < -0.4 is 15.3 Å². The van der Waals surface area contributed by atoms with E-state index in [-0.39, 0.29) is 23.7 Å². The topological polar surface area (TPSA) is 216 Å². The van der Waals surface area contributed by atoms with Crippen LogP contribution in [0, 0.1) is 11.3 Å². The number of carbonyl (C=O) groups is 3. The number of nitrogens with one attached hydrogen (secondary N) is 1. The van der Waals surface area contributed by atoms with Crippen LogP contribution in [0.15, 0.2) is 48.8 Å². The number of para-hydroxylation sites is 1. The van der Waals surface area contributed by atoms with Crippen LogP contribution in [-0.4, -0.2) is 69.1 Å². The highest BCUT2D eigenvalue weighted by Crippen LogP contribution is 2.50. The Kier molecular flexibility index (Phi) is 10.6. The molecule has 0 spiro atoms. The Morgan fingerprint density at radius 1 is 1.17 bits per heavy atom. The summed E-state index contributed by atoms with van der Waals surface area (Å²) < 4.78 is 49.8. The van der Waals surface area contributed by atoms with E-state index in [2.05, 4.69) is 15.2 Å². The van der Waals surface area contributed by atoms with Crippen molar-refractivity contribution in [3.8, 4) is 11.8 Å². The molecule has 1 fully saturated rings. The fourth-order valence-electron chi connectivity index (χ4n) is 4.66. The smallest absolute Gasteiger partial charge is 0.459 e.